The molecule has 0 atom stereocenters. The summed E-state index contributed by atoms with van der Waals surface area (Å²) in [5.41, 5.74) is 1.81. The zero-order chi connectivity index (χ0) is 12.5. The molecule has 1 N–H and O–H groups in total. The van der Waals surface area contributed by atoms with Gasteiger partial charge in [-0.15, -0.1) is 12.6 Å². The van der Waals surface area contributed by atoms with E-state index in [0.717, 1.165) is 11.1 Å². The van der Waals surface area contributed by atoms with Gasteiger partial charge in [-0.25, -0.2) is 0 Å². The minimum Gasteiger partial charge on any atom is -0.282 e. The van der Waals surface area contributed by atoms with Gasteiger partial charge < -0.3 is 0 Å². The van der Waals surface area contributed by atoms with Crippen molar-refractivity contribution < 1.29 is 13.0 Å². The van der Waals surface area contributed by atoms with Gasteiger partial charge in [0, 0.05) is 4.90 Å². The molecular formula is C12H10O3S2. The van der Waals surface area contributed by atoms with Crippen molar-refractivity contribution in [1.82, 2.24) is 0 Å². The monoisotopic (exact) mass is 266 g/mol. The van der Waals surface area contributed by atoms with Crippen LogP contribution in [0.2, 0.25) is 0 Å². The summed E-state index contributed by atoms with van der Waals surface area (Å²) in [5, 5.41) is 0. The normalized spacial score (nSPS) is 11.4. The van der Waals surface area contributed by atoms with Gasteiger partial charge >= 0.3 is 0 Å². The summed E-state index contributed by atoms with van der Waals surface area (Å²) in [6.45, 7) is 0. The van der Waals surface area contributed by atoms with E-state index in [-0.39, 0.29) is 9.79 Å². The van der Waals surface area contributed by atoms with Crippen molar-refractivity contribution in [3.63, 3.8) is 0 Å². The summed E-state index contributed by atoms with van der Waals surface area (Å²) in [5.74, 6) is 0. The van der Waals surface area contributed by atoms with Crippen LogP contribution in [0.1, 0.15) is 0 Å². The van der Waals surface area contributed by atoms with Crippen LogP contribution in [0.3, 0.4) is 0 Å². The third kappa shape index (κ3) is 2.69. The predicted octanol–water partition coefficient (Wildman–Crippen LogP) is 2.89. The molecule has 0 saturated heterocycles. The first-order valence-corrected chi connectivity index (χ1v) is 6.73. The molecule has 0 aromatic heterocycles. The Bertz CT molecular complexity index is 634. The van der Waals surface area contributed by atoms with E-state index in [0.29, 0.717) is 0 Å². The first-order valence-electron chi connectivity index (χ1n) is 4.84. The highest BCUT2D eigenvalue weighted by molar-refractivity contribution is 7.87. The largest absolute Gasteiger partial charge is 0.295 e. The standard InChI is InChI=1S/C12H10O3S2/c13-17(14,15)12-7-6-10(8-11(12)16)9-4-2-1-3-5-9/h1-8,16H,(H,13,14,15). The Morgan fingerprint density at radius 1 is 0.941 bits per heavy atom. The highest BCUT2D eigenvalue weighted by Crippen LogP contribution is 2.26. The molecule has 5 heteroatoms. The topological polar surface area (TPSA) is 54.4 Å². The lowest BCUT2D eigenvalue weighted by Crippen LogP contribution is -1.99. The lowest BCUT2D eigenvalue weighted by atomic mass is 10.1. The summed E-state index contributed by atoms with van der Waals surface area (Å²) < 4.78 is 31.0. The molecule has 0 amide bonds. The fourth-order valence-electron chi connectivity index (χ4n) is 1.55. The van der Waals surface area contributed by atoms with Crippen LogP contribution in [0.4, 0.5) is 0 Å². The molecule has 0 aliphatic rings. The Morgan fingerprint density at radius 3 is 2.12 bits per heavy atom. The number of hydrogen-bond donors (Lipinski definition) is 2. The van der Waals surface area contributed by atoms with Gasteiger partial charge in [-0.2, -0.15) is 8.42 Å². The number of hydrogen-bond acceptors (Lipinski definition) is 3. The summed E-state index contributed by atoms with van der Waals surface area (Å²) in [4.78, 5) is 0.0503. The highest BCUT2D eigenvalue weighted by Gasteiger charge is 2.13. The van der Waals surface area contributed by atoms with E-state index in [4.69, 9.17) is 4.55 Å². The third-order valence-corrected chi connectivity index (χ3v) is 3.78. The van der Waals surface area contributed by atoms with Crippen molar-refractivity contribution in [2.45, 2.75) is 9.79 Å². The molecule has 0 saturated carbocycles. The van der Waals surface area contributed by atoms with Crippen LogP contribution in [-0.2, 0) is 10.1 Å². The zero-order valence-corrected chi connectivity index (χ0v) is 10.4. The van der Waals surface area contributed by atoms with Crippen LogP contribution in [-0.4, -0.2) is 13.0 Å². The van der Waals surface area contributed by atoms with Crippen LogP contribution >= 0.6 is 12.6 Å². The molecule has 0 fully saturated rings. The number of benzene rings is 2. The molecule has 0 bridgehead atoms. The van der Waals surface area contributed by atoms with E-state index in [1.807, 2.05) is 30.3 Å². The SMILES string of the molecule is O=S(=O)(O)c1ccc(-c2ccccc2)cc1S. The van der Waals surface area contributed by atoms with Gasteiger partial charge in [0.25, 0.3) is 10.1 Å². The lowest BCUT2D eigenvalue weighted by Gasteiger charge is -2.05. The summed E-state index contributed by atoms with van der Waals surface area (Å²) >= 11 is 4.07. The summed E-state index contributed by atoms with van der Waals surface area (Å²) in [6, 6.07) is 14.1. The Morgan fingerprint density at radius 2 is 1.59 bits per heavy atom. The fourth-order valence-corrected chi connectivity index (χ4v) is 2.67. The Labute approximate surface area is 105 Å². The Balaban J connectivity index is 2.53. The van der Waals surface area contributed by atoms with Crippen LogP contribution < -0.4 is 0 Å². The van der Waals surface area contributed by atoms with Crippen LogP contribution in [0.5, 0.6) is 0 Å². The van der Waals surface area contributed by atoms with Crippen LogP contribution in [0, 0.1) is 0 Å². The van der Waals surface area contributed by atoms with Crippen LogP contribution in [0.25, 0.3) is 11.1 Å². The molecular weight excluding hydrogens is 256 g/mol. The molecule has 88 valence electrons. The molecule has 2 aromatic carbocycles. The maximum Gasteiger partial charge on any atom is 0.295 e. The van der Waals surface area contributed by atoms with E-state index in [9.17, 15) is 8.42 Å². The number of rotatable bonds is 2. The maximum atomic E-state index is 11.0. The first kappa shape index (κ1) is 12.2. The molecule has 0 heterocycles. The maximum absolute atomic E-state index is 11.0. The fraction of sp³-hybridized carbons (Fsp3) is 0. The minimum atomic E-state index is -4.21. The zero-order valence-electron chi connectivity index (χ0n) is 8.74. The van der Waals surface area contributed by atoms with Crippen molar-refractivity contribution in [3.8, 4) is 11.1 Å². The molecule has 0 radical (unpaired) electrons. The molecule has 17 heavy (non-hydrogen) atoms. The van der Waals surface area contributed by atoms with Crippen LogP contribution in [0.15, 0.2) is 58.3 Å². The second kappa shape index (κ2) is 4.52. The highest BCUT2D eigenvalue weighted by atomic mass is 32.2. The number of thiol groups is 1. The molecule has 0 aliphatic heterocycles. The van der Waals surface area contributed by atoms with Gasteiger partial charge in [-0.05, 0) is 23.3 Å². The quantitative estimate of drug-likeness (QED) is 0.649. The van der Waals surface area contributed by atoms with E-state index >= 15 is 0 Å². The van der Waals surface area contributed by atoms with Gasteiger partial charge in [-0.3, -0.25) is 4.55 Å². The minimum absolute atomic E-state index is 0.180. The van der Waals surface area contributed by atoms with Crippen molar-refractivity contribution in [3.05, 3.63) is 48.5 Å². The smallest absolute Gasteiger partial charge is 0.282 e. The Hall–Kier alpha value is -1.30. The lowest BCUT2D eigenvalue weighted by molar-refractivity contribution is 0.481. The predicted molar refractivity (Wildman–Crippen MR) is 68.9 cm³/mol. The van der Waals surface area contributed by atoms with Crippen molar-refractivity contribution in [1.29, 1.82) is 0 Å². The molecule has 2 rings (SSSR count). The Kier molecular flexibility index (Phi) is 3.24. The molecule has 0 spiro atoms. The molecule has 0 unspecified atom stereocenters. The van der Waals surface area contributed by atoms with Gasteiger partial charge in [0.15, 0.2) is 0 Å². The second-order valence-corrected chi connectivity index (χ2v) is 5.40. The van der Waals surface area contributed by atoms with Crippen molar-refractivity contribution >= 4 is 22.7 Å². The van der Waals surface area contributed by atoms with Gasteiger partial charge in [0.05, 0.1) is 0 Å². The van der Waals surface area contributed by atoms with Gasteiger partial charge in [-0.1, -0.05) is 36.4 Å². The molecule has 2 aromatic rings. The third-order valence-electron chi connectivity index (χ3n) is 2.34. The molecule has 3 nitrogen and oxygen atoms in total. The molecule has 0 aliphatic carbocycles. The van der Waals surface area contributed by atoms with E-state index in [1.54, 1.807) is 12.1 Å². The summed E-state index contributed by atoms with van der Waals surface area (Å²) in [6.07, 6.45) is 0. The average Bonchev–Trinajstić information content (AvgIpc) is 2.28. The average molecular weight is 266 g/mol. The van der Waals surface area contributed by atoms with Crippen molar-refractivity contribution in [2.24, 2.45) is 0 Å². The van der Waals surface area contributed by atoms with Gasteiger partial charge in [0.1, 0.15) is 4.90 Å². The summed E-state index contributed by atoms with van der Waals surface area (Å²) in [7, 11) is -4.21. The first-order chi connectivity index (χ1) is 7.98. The van der Waals surface area contributed by atoms with E-state index < -0.39 is 10.1 Å². The van der Waals surface area contributed by atoms with Crippen molar-refractivity contribution in [2.75, 3.05) is 0 Å². The second-order valence-electron chi connectivity index (χ2n) is 3.52. The van der Waals surface area contributed by atoms with Gasteiger partial charge in [0.2, 0.25) is 0 Å². The van der Waals surface area contributed by atoms with E-state index in [2.05, 4.69) is 12.6 Å². The van der Waals surface area contributed by atoms with E-state index in [1.165, 1.54) is 6.07 Å².